The second-order valence-corrected chi connectivity index (χ2v) is 13.6. The third-order valence-corrected chi connectivity index (χ3v) is 8.95. The lowest BCUT2D eigenvalue weighted by molar-refractivity contribution is -0.144. The molecule has 1 saturated heterocycles. The average Bonchev–Trinajstić information content (AvgIpc) is 3.74. The molecule has 0 aliphatic carbocycles. The van der Waals surface area contributed by atoms with Gasteiger partial charge in [0.05, 0.1) is 27.9 Å². The van der Waals surface area contributed by atoms with E-state index in [1.807, 2.05) is 63.7 Å². The summed E-state index contributed by atoms with van der Waals surface area (Å²) in [6, 6.07) is 6.22. The molecule has 12 nitrogen and oxygen atoms in total. The Labute approximate surface area is 268 Å². The van der Waals surface area contributed by atoms with Crippen LogP contribution in [-0.2, 0) is 33.9 Å². The van der Waals surface area contributed by atoms with E-state index >= 15 is 0 Å². The van der Waals surface area contributed by atoms with Crippen LogP contribution >= 0.6 is 11.3 Å². The number of carbonyl (C=O) groups is 3. The Morgan fingerprint density at radius 2 is 1.91 bits per heavy atom. The molecule has 1 fully saturated rings. The fraction of sp³-hybridized carbons (Fsp3) is 0.562. The average molecular weight is 639 g/mol. The van der Waals surface area contributed by atoms with Crippen LogP contribution < -0.4 is 16.4 Å². The highest BCUT2D eigenvalue weighted by Gasteiger charge is 2.44. The Bertz CT molecular complexity index is 1430. The third-order valence-electron chi connectivity index (χ3n) is 7.98. The molecule has 1 aliphatic rings. The number of aliphatic hydroxyl groups excluding tert-OH is 1. The quantitative estimate of drug-likeness (QED) is 0.195. The predicted octanol–water partition coefficient (Wildman–Crippen LogP) is 2.58. The van der Waals surface area contributed by atoms with Crippen LogP contribution in [0.2, 0.25) is 0 Å². The van der Waals surface area contributed by atoms with Crippen LogP contribution in [0.1, 0.15) is 69.8 Å². The number of hydrogen-bond acceptors (Lipinski definition) is 9. The smallest absolute Gasteiger partial charge is 0.246 e. The van der Waals surface area contributed by atoms with Crippen molar-refractivity contribution in [3.05, 3.63) is 52.9 Å². The van der Waals surface area contributed by atoms with Gasteiger partial charge in [0, 0.05) is 38.7 Å². The molecule has 13 heteroatoms. The summed E-state index contributed by atoms with van der Waals surface area (Å²) in [5, 5.41) is 24.6. The number of β-amino-alcohol motifs (C(OH)–C–C–N with tert-alkyl or cyclic N) is 1. The SMILES string of the molecule is Cc1ncsc1-c1ccc(CNC(=O)[C@@H]2C[C@@H](O)CN2C(=O)[C@@H](NC(=O)CCCc2cn(CCCCN)nn2)C(C)(C)C)cc1. The first-order chi connectivity index (χ1) is 21.5. The van der Waals surface area contributed by atoms with Crippen LogP contribution in [0.15, 0.2) is 36.0 Å². The van der Waals surface area contributed by atoms with Crippen LogP contribution in [0.25, 0.3) is 10.4 Å². The summed E-state index contributed by atoms with van der Waals surface area (Å²) in [5.41, 5.74) is 10.5. The first kappa shape index (κ1) is 34.2. The van der Waals surface area contributed by atoms with Crippen LogP contribution in [0.5, 0.6) is 0 Å². The second kappa shape index (κ2) is 15.5. The zero-order valence-electron chi connectivity index (χ0n) is 26.7. The molecule has 0 spiro atoms. The van der Waals surface area contributed by atoms with E-state index in [-0.39, 0.29) is 43.7 Å². The predicted molar refractivity (Wildman–Crippen MR) is 173 cm³/mol. The van der Waals surface area contributed by atoms with E-state index in [2.05, 4.69) is 25.9 Å². The summed E-state index contributed by atoms with van der Waals surface area (Å²) in [4.78, 5) is 46.9. The van der Waals surface area contributed by atoms with Crippen molar-refractivity contribution in [1.29, 1.82) is 0 Å². The number of carbonyl (C=O) groups excluding carboxylic acids is 3. The summed E-state index contributed by atoms with van der Waals surface area (Å²) >= 11 is 1.58. The van der Waals surface area contributed by atoms with Crippen LogP contribution in [0.3, 0.4) is 0 Å². The minimum absolute atomic E-state index is 0.0310. The van der Waals surface area contributed by atoms with Gasteiger partial charge in [-0.1, -0.05) is 50.3 Å². The maximum Gasteiger partial charge on any atom is 0.246 e. The highest BCUT2D eigenvalue weighted by Crippen LogP contribution is 2.28. The molecule has 3 heterocycles. The van der Waals surface area contributed by atoms with Gasteiger partial charge in [0.2, 0.25) is 17.7 Å². The van der Waals surface area contributed by atoms with E-state index in [0.717, 1.165) is 46.8 Å². The largest absolute Gasteiger partial charge is 0.391 e. The van der Waals surface area contributed by atoms with E-state index in [0.29, 0.717) is 19.4 Å². The number of aliphatic hydroxyl groups is 1. The first-order valence-electron chi connectivity index (χ1n) is 15.6. The molecule has 244 valence electrons. The lowest BCUT2D eigenvalue weighted by atomic mass is 9.85. The van der Waals surface area contributed by atoms with Crippen molar-refractivity contribution in [3.8, 4) is 10.4 Å². The van der Waals surface area contributed by atoms with Crippen molar-refractivity contribution < 1.29 is 19.5 Å². The Morgan fingerprint density at radius 1 is 1.16 bits per heavy atom. The molecule has 1 aromatic carbocycles. The number of aryl methyl sites for hydroxylation is 3. The van der Waals surface area contributed by atoms with E-state index in [9.17, 15) is 19.5 Å². The lowest BCUT2D eigenvalue weighted by Gasteiger charge is -2.35. The monoisotopic (exact) mass is 638 g/mol. The maximum atomic E-state index is 13.8. The van der Waals surface area contributed by atoms with Crippen molar-refractivity contribution in [3.63, 3.8) is 0 Å². The van der Waals surface area contributed by atoms with Crippen molar-refractivity contribution >= 4 is 29.1 Å². The highest BCUT2D eigenvalue weighted by molar-refractivity contribution is 7.13. The van der Waals surface area contributed by atoms with E-state index in [4.69, 9.17) is 5.73 Å². The molecular formula is C32H46N8O4S. The Morgan fingerprint density at radius 3 is 2.58 bits per heavy atom. The number of unbranched alkanes of at least 4 members (excludes halogenated alkanes) is 1. The van der Waals surface area contributed by atoms with Crippen molar-refractivity contribution in [2.45, 2.75) is 97.5 Å². The number of benzene rings is 1. The first-order valence-corrected chi connectivity index (χ1v) is 16.5. The van der Waals surface area contributed by atoms with Crippen molar-refractivity contribution in [2.75, 3.05) is 13.1 Å². The Balaban J connectivity index is 1.31. The zero-order chi connectivity index (χ0) is 32.6. The highest BCUT2D eigenvalue weighted by atomic mass is 32.1. The van der Waals surface area contributed by atoms with Gasteiger partial charge in [0.25, 0.3) is 0 Å². The fourth-order valence-corrected chi connectivity index (χ4v) is 6.24. The summed E-state index contributed by atoms with van der Waals surface area (Å²) in [5.74, 6) is -0.967. The van der Waals surface area contributed by atoms with Gasteiger partial charge in [-0.3, -0.25) is 19.1 Å². The minimum atomic E-state index is -0.864. The van der Waals surface area contributed by atoms with Crippen LogP contribution in [0, 0.1) is 12.3 Å². The topological polar surface area (TPSA) is 168 Å². The number of hydrogen-bond donors (Lipinski definition) is 4. The normalized spacial score (nSPS) is 17.3. The van der Waals surface area contributed by atoms with Gasteiger partial charge >= 0.3 is 0 Å². The zero-order valence-corrected chi connectivity index (χ0v) is 27.5. The van der Waals surface area contributed by atoms with Crippen molar-refractivity contribution in [1.82, 2.24) is 35.5 Å². The fourth-order valence-electron chi connectivity index (χ4n) is 5.42. The number of nitrogens with zero attached hydrogens (tertiary/aromatic N) is 5. The lowest BCUT2D eigenvalue weighted by Crippen LogP contribution is -2.57. The summed E-state index contributed by atoms with van der Waals surface area (Å²) < 4.78 is 1.79. The Kier molecular flexibility index (Phi) is 11.8. The molecule has 5 N–H and O–H groups in total. The van der Waals surface area contributed by atoms with E-state index in [1.54, 1.807) is 16.0 Å². The van der Waals surface area contributed by atoms with Gasteiger partial charge in [-0.05, 0) is 55.7 Å². The van der Waals surface area contributed by atoms with E-state index < -0.39 is 23.6 Å². The molecule has 3 atom stereocenters. The van der Waals surface area contributed by atoms with Gasteiger partial charge < -0.3 is 26.4 Å². The molecule has 1 aliphatic heterocycles. The van der Waals surface area contributed by atoms with E-state index in [1.165, 1.54) is 4.90 Å². The molecule has 0 unspecified atom stereocenters. The summed E-state index contributed by atoms with van der Waals surface area (Å²) in [7, 11) is 0. The number of aromatic nitrogens is 4. The van der Waals surface area contributed by atoms with Gasteiger partial charge in [0.1, 0.15) is 12.1 Å². The molecule has 45 heavy (non-hydrogen) atoms. The molecular weight excluding hydrogens is 592 g/mol. The summed E-state index contributed by atoms with van der Waals surface area (Å²) in [6.45, 7) is 9.31. The summed E-state index contributed by atoms with van der Waals surface area (Å²) in [6.07, 6.45) is 4.41. The number of nitrogens with one attached hydrogen (secondary N) is 2. The van der Waals surface area contributed by atoms with Gasteiger partial charge in [0.15, 0.2) is 0 Å². The number of amides is 3. The maximum absolute atomic E-state index is 13.8. The molecule has 0 bridgehead atoms. The van der Waals surface area contributed by atoms with Gasteiger partial charge in [-0.2, -0.15) is 0 Å². The minimum Gasteiger partial charge on any atom is -0.391 e. The number of likely N-dealkylation sites (tertiary alicyclic amines) is 1. The molecule has 3 aromatic rings. The number of nitrogens with two attached hydrogens (primary N) is 1. The standard InChI is InChI=1S/C32H46N8O4S/c1-21-28(45-20-35-21)23-12-10-22(11-13-23)17-34-30(43)26-16-25(41)19-40(26)31(44)29(32(2,3)4)36-27(42)9-7-8-24-18-39(38-37-24)15-6-5-14-33/h10-13,18,20,25-26,29,41H,5-9,14-17,19,33H2,1-4H3,(H,34,43)(H,36,42)/t25-,26+,29-/m1/s1. The third kappa shape index (κ3) is 9.41. The second-order valence-electron chi connectivity index (χ2n) is 12.8. The molecule has 2 aromatic heterocycles. The van der Waals surface area contributed by atoms with Gasteiger partial charge in [-0.25, -0.2) is 4.98 Å². The number of rotatable bonds is 14. The molecule has 0 radical (unpaired) electrons. The molecule has 3 amide bonds. The van der Waals surface area contributed by atoms with Crippen molar-refractivity contribution in [2.24, 2.45) is 11.1 Å². The Hall–Kier alpha value is -3.68. The number of thiazole rings is 1. The molecule has 0 saturated carbocycles. The molecule has 4 rings (SSSR count). The van der Waals surface area contributed by atoms with Crippen LogP contribution in [0.4, 0.5) is 0 Å². The van der Waals surface area contributed by atoms with Crippen LogP contribution in [-0.4, -0.2) is 79.0 Å². The van der Waals surface area contributed by atoms with Gasteiger partial charge in [-0.15, -0.1) is 16.4 Å².